The van der Waals surface area contributed by atoms with E-state index < -0.39 is 0 Å². The summed E-state index contributed by atoms with van der Waals surface area (Å²) in [5.74, 6) is 0.820. The van der Waals surface area contributed by atoms with Gasteiger partial charge in [-0.1, -0.05) is 0 Å². The van der Waals surface area contributed by atoms with Gasteiger partial charge in [0.25, 0.3) is 0 Å². The number of carbonyl (C=O) groups is 1. The van der Waals surface area contributed by atoms with Crippen molar-refractivity contribution < 1.29 is 9.53 Å². The van der Waals surface area contributed by atoms with Crippen LogP contribution in [0, 0.1) is 0 Å². The molecule has 0 saturated heterocycles. The number of nitrogens with zero attached hydrogens (tertiary/aromatic N) is 2. The quantitative estimate of drug-likeness (QED) is 0.698. The second-order valence-corrected chi connectivity index (χ2v) is 5.22. The fourth-order valence-electron chi connectivity index (χ4n) is 2.15. The SMILES string of the molecule is CCNC(=O)Nc1ccc(OCCCCCn2ccnc2)cc1. The Morgan fingerprint density at radius 1 is 1.22 bits per heavy atom. The van der Waals surface area contributed by atoms with Gasteiger partial charge in [0, 0.05) is 31.2 Å². The van der Waals surface area contributed by atoms with Crippen LogP contribution >= 0.6 is 0 Å². The van der Waals surface area contributed by atoms with E-state index in [1.807, 2.05) is 43.7 Å². The third-order valence-electron chi connectivity index (χ3n) is 3.34. The summed E-state index contributed by atoms with van der Waals surface area (Å²) in [6.07, 6.45) is 8.88. The minimum atomic E-state index is -0.195. The lowest BCUT2D eigenvalue weighted by Crippen LogP contribution is -2.28. The van der Waals surface area contributed by atoms with E-state index in [9.17, 15) is 4.79 Å². The molecule has 0 unspecified atom stereocenters. The first-order valence-corrected chi connectivity index (χ1v) is 8.01. The summed E-state index contributed by atoms with van der Waals surface area (Å²) in [6, 6.07) is 7.21. The summed E-state index contributed by atoms with van der Waals surface area (Å²) < 4.78 is 7.79. The van der Waals surface area contributed by atoms with E-state index in [1.165, 1.54) is 0 Å². The molecule has 2 N–H and O–H groups in total. The molecule has 1 aromatic heterocycles. The van der Waals surface area contributed by atoms with Crippen molar-refractivity contribution in [2.75, 3.05) is 18.5 Å². The Balaban J connectivity index is 1.59. The number of nitrogens with one attached hydrogen (secondary N) is 2. The van der Waals surface area contributed by atoms with Crippen LogP contribution in [0.4, 0.5) is 10.5 Å². The number of aromatic nitrogens is 2. The predicted octanol–water partition coefficient (Wildman–Crippen LogP) is 3.27. The van der Waals surface area contributed by atoms with E-state index in [1.54, 1.807) is 6.20 Å². The van der Waals surface area contributed by atoms with Gasteiger partial charge < -0.3 is 19.9 Å². The number of aryl methyl sites for hydroxylation is 1. The molecule has 6 heteroatoms. The molecule has 124 valence electrons. The van der Waals surface area contributed by atoms with Gasteiger partial charge in [-0.2, -0.15) is 0 Å². The smallest absolute Gasteiger partial charge is 0.319 e. The number of hydrogen-bond acceptors (Lipinski definition) is 3. The lowest BCUT2D eigenvalue weighted by Gasteiger charge is -2.09. The predicted molar refractivity (Wildman–Crippen MR) is 90.7 cm³/mol. The molecule has 2 rings (SSSR count). The van der Waals surface area contributed by atoms with Crippen molar-refractivity contribution in [3.05, 3.63) is 43.0 Å². The molecule has 1 heterocycles. The third kappa shape index (κ3) is 6.42. The van der Waals surface area contributed by atoms with Gasteiger partial charge in [-0.3, -0.25) is 0 Å². The van der Waals surface area contributed by atoms with Gasteiger partial charge in [0.15, 0.2) is 0 Å². The second-order valence-electron chi connectivity index (χ2n) is 5.22. The van der Waals surface area contributed by atoms with Gasteiger partial charge in [-0.05, 0) is 50.5 Å². The molecule has 0 aliphatic carbocycles. The van der Waals surface area contributed by atoms with Crippen molar-refractivity contribution in [3.8, 4) is 5.75 Å². The highest BCUT2D eigenvalue weighted by atomic mass is 16.5. The summed E-state index contributed by atoms with van der Waals surface area (Å²) in [7, 11) is 0. The Kier molecular flexibility index (Phi) is 6.97. The first-order chi connectivity index (χ1) is 11.3. The maximum Gasteiger partial charge on any atom is 0.319 e. The molecule has 0 spiro atoms. The number of imidazole rings is 1. The number of unbranched alkanes of at least 4 members (excludes halogenated alkanes) is 2. The average molecular weight is 316 g/mol. The first-order valence-electron chi connectivity index (χ1n) is 8.01. The number of amides is 2. The lowest BCUT2D eigenvalue weighted by molar-refractivity contribution is 0.252. The van der Waals surface area contributed by atoms with Gasteiger partial charge >= 0.3 is 6.03 Å². The Labute approximate surface area is 136 Å². The van der Waals surface area contributed by atoms with Crippen LogP contribution in [0.25, 0.3) is 0 Å². The third-order valence-corrected chi connectivity index (χ3v) is 3.34. The number of rotatable bonds is 9. The van der Waals surface area contributed by atoms with Crippen molar-refractivity contribution in [2.45, 2.75) is 32.7 Å². The number of carbonyl (C=O) groups excluding carboxylic acids is 1. The first kappa shape index (κ1) is 16.9. The molecular formula is C17H24N4O2. The fourth-order valence-corrected chi connectivity index (χ4v) is 2.15. The summed E-state index contributed by atoms with van der Waals surface area (Å²) in [5, 5.41) is 5.44. The molecule has 0 atom stereocenters. The number of urea groups is 1. The van der Waals surface area contributed by atoms with E-state index in [0.717, 1.165) is 37.2 Å². The molecule has 0 aliphatic heterocycles. The van der Waals surface area contributed by atoms with Crippen LogP contribution in [-0.2, 0) is 6.54 Å². The summed E-state index contributed by atoms with van der Waals surface area (Å²) in [4.78, 5) is 15.4. The van der Waals surface area contributed by atoms with Crippen molar-refractivity contribution in [1.29, 1.82) is 0 Å². The van der Waals surface area contributed by atoms with Crippen LogP contribution in [0.1, 0.15) is 26.2 Å². The monoisotopic (exact) mass is 316 g/mol. The Hall–Kier alpha value is -2.50. The molecule has 0 radical (unpaired) electrons. The van der Waals surface area contributed by atoms with Crippen LogP contribution in [-0.4, -0.2) is 28.7 Å². The highest BCUT2D eigenvalue weighted by Crippen LogP contribution is 2.16. The normalized spacial score (nSPS) is 10.3. The maximum absolute atomic E-state index is 11.4. The van der Waals surface area contributed by atoms with Crippen molar-refractivity contribution in [3.63, 3.8) is 0 Å². The molecular weight excluding hydrogens is 292 g/mol. The Morgan fingerprint density at radius 3 is 2.74 bits per heavy atom. The number of benzene rings is 1. The van der Waals surface area contributed by atoms with E-state index in [0.29, 0.717) is 13.2 Å². The van der Waals surface area contributed by atoms with Crippen LogP contribution in [0.2, 0.25) is 0 Å². The van der Waals surface area contributed by atoms with Gasteiger partial charge in [0.05, 0.1) is 12.9 Å². The molecule has 0 bridgehead atoms. The van der Waals surface area contributed by atoms with E-state index >= 15 is 0 Å². The standard InChI is InChI=1S/C17H24N4O2/c1-2-19-17(22)20-15-6-8-16(9-7-15)23-13-5-3-4-11-21-12-10-18-14-21/h6-10,12,14H,2-5,11,13H2,1H3,(H2,19,20,22). The maximum atomic E-state index is 11.4. The molecule has 0 aliphatic rings. The average Bonchev–Trinajstić information content (AvgIpc) is 3.06. The Morgan fingerprint density at radius 2 is 2.04 bits per heavy atom. The van der Waals surface area contributed by atoms with Crippen LogP contribution in [0.15, 0.2) is 43.0 Å². The highest BCUT2D eigenvalue weighted by Gasteiger charge is 2.00. The summed E-state index contributed by atoms with van der Waals surface area (Å²) in [5.41, 5.74) is 0.753. The number of anilines is 1. The molecule has 1 aromatic carbocycles. The zero-order valence-electron chi connectivity index (χ0n) is 13.5. The van der Waals surface area contributed by atoms with E-state index in [2.05, 4.69) is 20.2 Å². The molecule has 0 fully saturated rings. The molecule has 23 heavy (non-hydrogen) atoms. The molecule has 0 saturated carbocycles. The summed E-state index contributed by atoms with van der Waals surface area (Å²) >= 11 is 0. The van der Waals surface area contributed by atoms with Crippen LogP contribution in [0.5, 0.6) is 5.75 Å². The van der Waals surface area contributed by atoms with Crippen LogP contribution < -0.4 is 15.4 Å². The zero-order chi connectivity index (χ0) is 16.3. The van der Waals surface area contributed by atoms with Gasteiger partial charge in [-0.15, -0.1) is 0 Å². The second kappa shape index (κ2) is 9.50. The van der Waals surface area contributed by atoms with Crippen LogP contribution in [0.3, 0.4) is 0 Å². The van der Waals surface area contributed by atoms with Gasteiger partial charge in [0.1, 0.15) is 5.75 Å². The Bertz CT molecular complexity index is 567. The lowest BCUT2D eigenvalue weighted by atomic mass is 10.2. The molecule has 6 nitrogen and oxygen atoms in total. The molecule has 2 amide bonds. The minimum Gasteiger partial charge on any atom is -0.494 e. The topological polar surface area (TPSA) is 68.2 Å². The largest absolute Gasteiger partial charge is 0.494 e. The minimum absolute atomic E-state index is 0.195. The van der Waals surface area contributed by atoms with Crippen molar-refractivity contribution in [1.82, 2.24) is 14.9 Å². The zero-order valence-corrected chi connectivity index (χ0v) is 13.5. The highest BCUT2D eigenvalue weighted by molar-refractivity contribution is 5.89. The fraction of sp³-hybridized carbons (Fsp3) is 0.412. The summed E-state index contributed by atoms with van der Waals surface area (Å²) in [6.45, 7) is 4.19. The van der Waals surface area contributed by atoms with Crippen molar-refractivity contribution >= 4 is 11.7 Å². The van der Waals surface area contributed by atoms with Gasteiger partial charge in [0.2, 0.25) is 0 Å². The number of hydrogen-bond donors (Lipinski definition) is 2. The van der Waals surface area contributed by atoms with E-state index in [4.69, 9.17) is 4.74 Å². The van der Waals surface area contributed by atoms with E-state index in [-0.39, 0.29) is 6.03 Å². The van der Waals surface area contributed by atoms with Gasteiger partial charge in [-0.25, -0.2) is 9.78 Å². The number of ether oxygens (including phenoxy) is 1. The molecule has 2 aromatic rings. The van der Waals surface area contributed by atoms with Crippen molar-refractivity contribution in [2.24, 2.45) is 0 Å².